The molecule has 0 radical (unpaired) electrons. The van der Waals surface area contributed by atoms with E-state index < -0.39 is 8.32 Å². The Morgan fingerprint density at radius 3 is 2.62 bits per heavy atom. The molecule has 1 fully saturated rings. The molecule has 1 saturated heterocycles. The van der Waals surface area contributed by atoms with Crippen LogP contribution in [0.3, 0.4) is 0 Å². The van der Waals surface area contributed by atoms with E-state index in [9.17, 15) is 14.0 Å². The molecule has 0 aromatic heterocycles. The van der Waals surface area contributed by atoms with Gasteiger partial charge in [-0.05, 0) is 43.1 Å². The molecule has 0 spiro atoms. The van der Waals surface area contributed by atoms with E-state index in [0.717, 1.165) is 24.8 Å². The van der Waals surface area contributed by atoms with Gasteiger partial charge in [-0.1, -0.05) is 25.4 Å². The zero-order valence-corrected chi connectivity index (χ0v) is 16.4. The lowest BCUT2D eigenvalue weighted by Crippen LogP contribution is -2.39. The highest BCUT2D eigenvalue weighted by atomic mass is 28.4. The van der Waals surface area contributed by atoms with Crippen LogP contribution < -0.4 is 10.4 Å². The summed E-state index contributed by atoms with van der Waals surface area (Å²) in [7, 11) is -0.368. The number of carbonyl (C=O) groups excluding carboxylic acids is 1. The van der Waals surface area contributed by atoms with Gasteiger partial charge in [-0.2, -0.15) is 0 Å². The number of benzene rings is 1. The fraction of sp³-hybridized carbons (Fsp3) is 0.588. The minimum Gasteiger partial charge on any atom is -0.432 e. The highest BCUT2D eigenvalue weighted by molar-refractivity contribution is 6.72. The summed E-state index contributed by atoms with van der Waals surface area (Å²) in [5.41, 5.74) is 1.20. The fourth-order valence-corrected chi connectivity index (χ4v) is 3.64. The highest BCUT2D eigenvalue weighted by Gasteiger charge is 2.38. The second kappa shape index (κ2) is 6.98. The molecule has 1 heterocycles. The van der Waals surface area contributed by atoms with Crippen LogP contribution in [-0.2, 0) is 4.79 Å². The first-order valence-corrected chi connectivity index (χ1v) is 11.5. The number of nitrogens with zero attached hydrogens (tertiary/aromatic N) is 2. The Morgan fingerprint density at radius 2 is 2.04 bits per heavy atom. The van der Waals surface area contributed by atoms with Crippen LogP contribution >= 0.6 is 0 Å². The molecule has 7 heteroatoms. The average molecular weight is 350 g/mol. The molecule has 24 heavy (non-hydrogen) atoms. The number of rotatable bonds is 6. The van der Waals surface area contributed by atoms with Crippen molar-refractivity contribution in [1.29, 1.82) is 0 Å². The van der Waals surface area contributed by atoms with Crippen LogP contribution in [0.15, 0.2) is 18.2 Å². The van der Waals surface area contributed by atoms with Crippen molar-refractivity contribution in [2.75, 3.05) is 24.7 Å². The van der Waals surface area contributed by atoms with Crippen LogP contribution in [0, 0.1) is 5.82 Å². The molecule has 0 saturated carbocycles. The van der Waals surface area contributed by atoms with Gasteiger partial charge in [0.15, 0.2) is 8.32 Å². The largest absolute Gasteiger partial charge is 0.432 e. The lowest BCUT2D eigenvalue weighted by Gasteiger charge is -2.35. The maximum absolute atomic E-state index is 14.1. The lowest BCUT2D eigenvalue weighted by molar-refractivity contribution is -0.116. The third kappa shape index (κ3) is 4.26. The molecule has 0 unspecified atom stereocenters. The van der Waals surface area contributed by atoms with Gasteiger partial charge < -0.3 is 4.80 Å². The molecular formula is C17H28BFN2O2Si. The third-order valence-corrected chi connectivity index (χ3v) is 8.89. The number of hydrogen-bond donors (Lipinski definition) is 1. The third-order valence-electron chi connectivity index (χ3n) is 5.33. The van der Waals surface area contributed by atoms with E-state index in [0.29, 0.717) is 18.9 Å². The van der Waals surface area contributed by atoms with E-state index in [2.05, 4.69) is 13.8 Å². The van der Waals surface area contributed by atoms with Crippen molar-refractivity contribution in [1.82, 2.24) is 4.90 Å². The molecule has 132 valence electrons. The van der Waals surface area contributed by atoms with Gasteiger partial charge in [-0.25, -0.2) is 4.39 Å². The predicted octanol–water partition coefficient (Wildman–Crippen LogP) is 1.45. The molecule has 1 aromatic rings. The minimum atomic E-state index is -2.20. The predicted molar refractivity (Wildman–Crippen MR) is 101 cm³/mol. The van der Waals surface area contributed by atoms with Crippen molar-refractivity contribution in [2.45, 2.75) is 44.8 Å². The molecule has 2 rings (SSSR count). The van der Waals surface area contributed by atoms with E-state index in [1.807, 2.05) is 31.9 Å². The Balaban J connectivity index is 1.93. The van der Waals surface area contributed by atoms with Crippen LogP contribution in [0.5, 0.6) is 0 Å². The molecule has 0 aliphatic carbocycles. The van der Waals surface area contributed by atoms with Crippen LogP contribution in [0.1, 0.15) is 26.7 Å². The summed E-state index contributed by atoms with van der Waals surface area (Å²) in [6, 6.07) is 4.96. The standard InChI is InChI=1S/C17H28BFN2O2Si/c1-17(2,24(3,4)23)8-5-9-20-11-16(22)21(12-20)15-7-6-13(18)10-14(15)19/h6-7,10,23H,5,8-9,11-12,18H2,1-4H3. The Kier molecular flexibility index (Phi) is 5.57. The van der Waals surface area contributed by atoms with Crippen molar-refractivity contribution >= 4 is 33.2 Å². The van der Waals surface area contributed by atoms with Gasteiger partial charge in [0.05, 0.1) is 18.9 Å². The number of hydrogen-bond acceptors (Lipinski definition) is 3. The van der Waals surface area contributed by atoms with Gasteiger partial charge in [0.2, 0.25) is 5.91 Å². The second-order valence-electron chi connectivity index (χ2n) is 8.02. The molecule has 1 aliphatic heterocycles. The molecule has 1 aliphatic rings. The summed E-state index contributed by atoms with van der Waals surface area (Å²) in [5, 5.41) is -0.0561. The summed E-state index contributed by atoms with van der Waals surface area (Å²) in [6.07, 6.45) is 1.84. The van der Waals surface area contributed by atoms with Gasteiger partial charge in [0, 0.05) is 6.54 Å². The zero-order valence-electron chi connectivity index (χ0n) is 15.4. The van der Waals surface area contributed by atoms with Crippen molar-refractivity contribution in [2.24, 2.45) is 0 Å². The number of carbonyl (C=O) groups is 1. The van der Waals surface area contributed by atoms with Crippen LogP contribution in [0.25, 0.3) is 0 Å². The molecule has 1 aromatic carbocycles. The highest BCUT2D eigenvalue weighted by Crippen LogP contribution is 2.39. The van der Waals surface area contributed by atoms with Crippen LogP contribution in [-0.4, -0.2) is 51.5 Å². The van der Waals surface area contributed by atoms with Gasteiger partial charge in [-0.15, -0.1) is 0 Å². The monoisotopic (exact) mass is 350 g/mol. The van der Waals surface area contributed by atoms with Crippen molar-refractivity contribution in [3.63, 3.8) is 0 Å². The minimum absolute atomic E-state index is 0.0561. The van der Waals surface area contributed by atoms with Crippen molar-refractivity contribution in [3.8, 4) is 0 Å². The molecule has 1 amide bonds. The Morgan fingerprint density at radius 1 is 1.38 bits per heavy atom. The van der Waals surface area contributed by atoms with Crippen LogP contribution in [0.4, 0.5) is 10.1 Å². The average Bonchev–Trinajstić information content (AvgIpc) is 2.78. The summed E-state index contributed by atoms with van der Waals surface area (Å²) in [6.45, 7) is 9.70. The topological polar surface area (TPSA) is 43.8 Å². The number of anilines is 1. The van der Waals surface area contributed by atoms with Crippen molar-refractivity contribution in [3.05, 3.63) is 24.0 Å². The molecule has 0 bridgehead atoms. The molecule has 0 atom stereocenters. The first kappa shape index (κ1) is 19.2. The summed E-state index contributed by atoms with van der Waals surface area (Å²) in [5.74, 6) is -0.409. The maximum Gasteiger partial charge on any atom is 0.242 e. The Hall–Kier alpha value is -1.18. The molecule has 4 nitrogen and oxygen atoms in total. The van der Waals surface area contributed by atoms with E-state index in [4.69, 9.17) is 0 Å². The Labute approximate surface area is 146 Å². The zero-order chi connectivity index (χ0) is 18.1. The number of amides is 1. The van der Waals surface area contributed by atoms with Crippen molar-refractivity contribution < 1.29 is 14.0 Å². The number of halogens is 1. The van der Waals surface area contributed by atoms with Crippen LogP contribution in [0.2, 0.25) is 18.1 Å². The fourth-order valence-electron chi connectivity index (χ4n) is 2.85. The normalized spacial score (nSPS) is 16.9. The first-order valence-electron chi connectivity index (χ1n) is 8.52. The van der Waals surface area contributed by atoms with E-state index in [1.54, 1.807) is 6.07 Å². The van der Waals surface area contributed by atoms with Gasteiger partial charge in [0.25, 0.3) is 0 Å². The van der Waals surface area contributed by atoms with Gasteiger partial charge in [-0.3, -0.25) is 14.6 Å². The van der Waals surface area contributed by atoms with E-state index in [-0.39, 0.29) is 16.8 Å². The molecular weight excluding hydrogens is 322 g/mol. The first-order chi connectivity index (χ1) is 11.0. The lowest BCUT2D eigenvalue weighted by atomic mass is 9.96. The summed E-state index contributed by atoms with van der Waals surface area (Å²) >= 11 is 0. The summed E-state index contributed by atoms with van der Waals surface area (Å²) < 4.78 is 14.1. The van der Waals surface area contributed by atoms with Gasteiger partial charge >= 0.3 is 0 Å². The maximum atomic E-state index is 14.1. The van der Waals surface area contributed by atoms with E-state index in [1.165, 1.54) is 11.0 Å². The summed E-state index contributed by atoms with van der Waals surface area (Å²) in [4.78, 5) is 26.1. The van der Waals surface area contributed by atoms with Gasteiger partial charge in [0.1, 0.15) is 13.7 Å². The SMILES string of the molecule is Bc1ccc(N2CN(CCCC(C)(C)[Si](C)(C)O)CC2=O)c(F)c1. The van der Waals surface area contributed by atoms with E-state index >= 15 is 0 Å². The smallest absolute Gasteiger partial charge is 0.242 e. The second-order valence-corrected chi connectivity index (χ2v) is 12.5. The Bertz CT molecular complexity index is 619. The molecule has 1 N–H and O–H groups in total. The quantitative estimate of drug-likeness (QED) is 0.790.